The summed E-state index contributed by atoms with van der Waals surface area (Å²) in [5, 5.41) is 16.0. The van der Waals surface area contributed by atoms with Crippen LogP contribution in [0.4, 0.5) is 0 Å². The Morgan fingerprint density at radius 1 is 0.968 bits per heavy atom. The number of ether oxygens (including phenoxy) is 2. The topological polar surface area (TPSA) is 56.5 Å². The number of benzene rings is 3. The van der Waals surface area contributed by atoms with Gasteiger partial charge in [-0.2, -0.15) is 5.10 Å². The molecular weight excluding hydrogens is 412 g/mol. The molecule has 4 aromatic rings. The van der Waals surface area contributed by atoms with Gasteiger partial charge in [0.1, 0.15) is 29.5 Å². The first-order chi connectivity index (χ1) is 14.9. The molecule has 0 unspecified atom stereocenters. The maximum absolute atomic E-state index is 10.7. The van der Waals surface area contributed by atoms with Crippen molar-refractivity contribution in [3.05, 3.63) is 83.0 Å². The van der Waals surface area contributed by atoms with Crippen molar-refractivity contribution < 1.29 is 14.6 Å². The Hall–Kier alpha value is -3.44. The van der Waals surface area contributed by atoms with E-state index in [4.69, 9.17) is 21.1 Å². The molecule has 0 saturated carbocycles. The molecule has 0 radical (unpaired) electrons. The Labute approximate surface area is 186 Å². The van der Waals surface area contributed by atoms with E-state index in [1.807, 2.05) is 68.7 Å². The number of aromatic nitrogens is 2. The molecule has 0 saturated heterocycles. The smallest absolute Gasteiger partial charge is 0.128 e. The summed E-state index contributed by atoms with van der Waals surface area (Å²) < 4.78 is 13.0. The molecular formula is C25H23ClN2O3. The second-order valence-electron chi connectivity index (χ2n) is 7.40. The molecule has 0 fully saturated rings. The minimum Gasteiger partial charge on any atom is -0.507 e. The van der Waals surface area contributed by atoms with Gasteiger partial charge in [-0.05, 0) is 60.0 Å². The Bertz CT molecular complexity index is 1220. The predicted molar refractivity (Wildman–Crippen MR) is 123 cm³/mol. The minimum atomic E-state index is 0.105. The molecule has 0 amide bonds. The molecule has 0 aliphatic heterocycles. The lowest BCUT2D eigenvalue weighted by Crippen LogP contribution is -1.95. The summed E-state index contributed by atoms with van der Waals surface area (Å²) in [4.78, 5) is 0. The Morgan fingerprint density at radius 2 is 1.74 bits per heavy atom. The average molecular weight is 435 g/mol. The molecule has 31 heavy (non-hydrogen) atoms. The first kappa shape index (κ1) is 20.8. The number of halogens is 1. The highest BCUT2D eigenvalue weighted by atomic mass is 35.5. The van der Waals surface area contributed by atoms with Crippen LogP contribution < -0.4 is 9.47 Å². The number of phenols is 1. The summed E-state index contributed by atoms with van der Waals surface area (Å²) >= 11 is 5.92. The molecule has 3 aromatic carbocycles. The lowest BCUT2D eigenvalue weighted by atomic mass is 9.99. The summed E-state index contributed by atoms with van der Waals surface area (Å²) in [6.45, 7) is 2.40. The van der Waals surface area contributed by atoms with Gasteiger partial charge in [-0.25, -0.2) is 0 Å². The molecule has 0 bridgehead atoms. The number of phenolic OH excluding ortho intramolecular Hbond substituents is 1. The van der Waals surface area contributed by atoms with Crippen LogP contribution in [0.15, 0.2) is 66.9 Å². The van der Waals surface area contributed by atoms with Gasteiger partial charge in [-0.3, -0.25) is 4.68 Å². The number of hydrogen-bond acceptors (Lipinski definition) is 4. The van der Waals surface area contributed by atoms with E-state index >= 15 is 0 Å². The third-order valence-corrected chi connectivity index (χ3v) is 5.22. The van der Waals surface area contributed by atoms with Crippen LogP contribution in [0.1, 0.15) is 11.1 Å². The van der Waals surface area contributed by atoms with Crippen LogP contribution in [0.25, 0.3) is 22.4 Å². The predicted octanol–water partition coefficient (Wildman–Crippen LogP) is 6.01. The monoisotopic (exact) mass is 434 g/mol. The van der Waals surface area contributed by atoms with Crippen molar-refractivity contribution in [3.63, 3.8) is 0 Å². The summed E-state index contributed by atoms with van der Waals surface area (Å²) in [6, 6.07) is 18.8. The zero-order valence-electron chi connectivity index (χ0n) is 17.6. The van der Waals surface area contributed by atoms with E-state index in [0.29, 0.717) is 28.6 Å². The number of nitrogens with zero attached hydrogens (tertiary/aromatic N) is 2. The molecule has 1 aromatic heterocycles. The SMILES string of the molecule is COc1cc(C)cc(-c2cn(C)nc2-c2ccc(OCc3ccc(Cl)cc3)cc2O)c1. The maximum atomic E-state index is 10.7. The van der Waals surface area contributed by atoms with Crippen LogP contribution in [-0.4, -0.2) is 22.0 Å². The van der Waals surface area contributed by atoms with Crippen molar-refractivity contribution in [1.82, 2.24) is 9.78 Å². The first-order valence-electron chi connectivity index (χ1n) is 9.83. The zero-order valence-corrected chi connectivity index (χ0v) is 18.3. The van der Waals surface area contributed by atoms with Gasteiger partial charge in [0.05, 0.1) is 7.11 Å². The molecule has 1 heterocycles. The Morgan fingerprint density at radius 3 is 2.45 bits per heavy atom. The second kappa shape index (κ2) is 8.74. The highest BCUT2D eigenvalue weighted by Gasteiger charge is 2.17. The van der Waals surface area contributed by atoms with E-state index in [0.717, 1.165) is 28.0 Å². The van der Waals surface area contributed by atoms with Crippen LogP contribution in [0, 0.1) is 6.92 Å². The molecule has 0 atom stereocenters. The Kier molecular flexibility index (Phi) is 5.87. The van der Waals surface area contributed by atoms with Gasteiger partial charge in [-0.1, -0.05) is 29.8 Å². The van der Waals surface area contributed by atoms with Gasteiger partial charge in [0.2, 0.25) is 0 Å². The van der Waals surface area contributed by atoms with Gasteiger partial charge in [-0.15, -0.1) is 0 Å². The van der Waals surface area contributed by atoms with Crippen molar-refractivity contribution in [2.24, 2.45) is 7.05 Å². The van der Waals surface area contributed by atoms with E-state index in [9.17, 15) is 5.11 Å². The van der Waals surface area contributed by atoms with Crippen molar-refractivity contribution in [1.29, 1.82) is 0 Å². The van der Waals surface area contributed by atoms with E-state index in [1.54, 1.807) is 17.9 Å². The fourth-order valence-electron chi connectivity index (χ4n) is 3.47. The molecule has 0 aliphatic carbocycles. The molecule has 158 valence electrons. The molecule has 6 heteroatoms. The lowest BCUT2D eigenvalue weighted by Gasteiger charge is -2.11. The third kappa shape index (κ3) is 4.67. The number of methoxy groups -OCH3 is 1. The van der Waals surface area contributed by atoms with E-state index in [1.165, 1.54) is 0 Å². The summed E-state index contributed by atoms with van der Waals surface area (Å²) in [5.74, 6) is 1.46. The van der Waals surface area contributed by atoms with E-state index < -0.39 is 0 Å². The van der Waals surface area contributed by atoms with Crippen LogP contribution in [0.5, 0.6) is 17.2 Å². The zero-order chi connectivity index (χ0) is 22.0. The molecule has 5 nitrogen and oxygen atoms in total. The van der Waals surface area contributed by atoms with E-state index in [-0.39, 0.29) is 5.75 Å². The molecule has 1 N–H and O–H groups in total. The highest BCUT2D eigenvalue weighted by molar-refractivity contribution is 6.30. The largest absolute Gasteiger partial charge is 0.507 e. The van der Waals surface area contributed by atoms with Gasteiger partial charge in [0.25, 0.3) is 0 Å². The van der Waals surface area contributed by atoms with Gasteiger partial charge < -0.3 is 14.6 Å². The van der Waals surface area contributed by atoms with Crippen molar-refractivity contribution >= 4 is 11.6 Å². The summed E-state index contributed by atoms with van der Waals surface area (Å²) in [6.07, 6.45) is 1.94. The minimum absolute atomic E-state index is 0.105. The molecule has 0 aliphatic rings. The standard InChI is InChI=1S/C25H23ClN2O3/c1-16-10-18(12-21(11-16)30-3)23-14-28(2)27-25(23)22-9-8-20(13-24(22)29)31-15-17-4-6-19(26)7-5-17/h4-14,29H,15H2,1-3H3. The first-order valence-corrected chi connectivity index (χ1v) is 10.2. The van der Waals surface area contributed by atoms with Crippen molar-refractivity contribution in [2.75, 3.05) is 7.11 Å². The summed E-state index contributed by atoms with van der Waals surface area (Å²) in [5.41, 5.74) is 5.29. The Balaban J connectivity index is 1.63. The number of hydrogen-bond donors (Lipinski definition) is 1. The quantitative estimate of drug-likeness (QED) is 0.403. The van der Waals surface area contributed by atoms with E-state index in [2.05, 4.69) is 11.2 Å². The molecule has 4 rings (SSSR count). The average Bonchev–Trinajstić information content (AvgIpc) is 3.14. The van der Waals surface area contributed by atoms with Crippen molar-refractivity contribution in [2.45, 2.75) is 13.5 Å². The number of aryl methyl sites for hydroxylation is 2. The van der Waals surface area contributed by atoms with Crippen LogP contribution in [-0.2, 0) is 13.7 Å². The molecule has 0 spiro atoms. The summed E-state index contributed by atoms with van der Waals surface area (Å²) in [7, 11) is 3.51. The van der Waals surface area contributed by atoms with Gasteiger partial charge in [0, 0.05) is 35.5 Å². The van der Waals surface area contributed by atoms with Crippen LogP contribution in [0.2, 0.25) is 5.02 Å². The van der Waals surface area contributed by atoms with Gasteiger partial charge >= 0.3 is 0 Å². The number of rotatable bonds is 6. The third-order valence-electron chi connectivity index (χ3n) is 4.97. The van der Waals surface area contributed by atoms with Crippen LogP contribution >= 0.6 is 11.6 Å². The van der Waals surface area contributed by atoms with Crippen molar-refractivity contribution in [3.8, 4) is 39.6 Å². The lowest BCUT2D eigenvalue weighted by molar-refractivity contribution is 0.304. The number of aromatic hydroxyl groups is 1. The second-order valence-corrected chi connectivity index (χ2v) is 7.83. The normalized spacial score (nSPS) is 10.8. The fraction of sp³-hybridized carbons (Fsp3) is 0.160. The highest BCUT2D eigenvalue weighted by Crippen LogP contribution is 2.38. The fourth-order valence-corrected chi connectivity index (χ4v) is 3.59. The maximum Gasteiger partial charge on any atom is 0.128 e. The van der Waals surface area contributed by atoms with Gasteiger partial charge in [0.15, 0.2) is 0 Å². The van der Waals surface area contributed by atoms with Crippen LogP contribution in [0.3, 0.4) is 0 Å².